The van der Waals surface area contributed by atoms with E-state index in [1.165, 1.54) is 16.7 Å². The minimum atomic E-state index is -0.887. The number of halogens is 2. The van der Waals surface area contributed by atoms with E-state index in [0.717, 1.165) is 12.1 Å². The molecule has 0 spiro atoms. The second-order valence-electron chi connectivity index (χ2n) is 11.1. The molecule has 0 saturated carbocycles. The van der Waals surface area contributed by atoms with E-state index in [1.807, 2.05) is 20.8 Å². The maximum Gasteiger partial charge on any atom is 0.407 e. The predicted octanol–water partition coefficient (Wildman–Crippen LogP) is 5.34. The Kier molecular flexibility index (Phi) is 7.29. The van der Waals surface area contributed by atoms with Crippen LogP contribution in [0.2, 0.25) is 0 Å². The van der Waals surface area contributed by atoms with Gasteiger partial charge in [0, 0.05) is 66.1 Å². The summed E-state index contributed by atoms with van der Waals surface area (Å²) in [6.07, 6.45) is 2.74. The number of amides is 2. The zero-order chi connectivity index (χ0) is 29.5. The molecule has 1 unspecified atom stereocenters. The van der Waals surface area contributed by atoms with Gasteiger partial charge in [-0.2, -0.15) is 0 Å². The Morgan fingerprint density at radius 3 is 2.54 bits per heavy atom. The molecule has 1 saturated heterocycles. The van der Waals surface area contributed by atoms with Gasteiger partial charge in [-0.15, -0.1) is 0 Å². The average molecular weight is 565 g/mol. The molecule has 0 bridgehead atoms. The molecule has 214 valence electrons. The first-order valence-corrected chi connectivity index (χ1v) is 13.1. The summed E-state index contributed by atoms with van der Waals surface area (Å²) in [5.74, 6) is -1.92. The van der Waals surface area contributed by atoms with Crippen LogP contribution >= 0.6 is 0 Å². The summed E-state index contributed by atoms with van der Waals surface area (Å²) >= 11 is 0. The van der Waals surface area contributed by atoms with Crippen molar-refractivity contribution in [2.45, 2.75) is 38.8 Å². The fourth-order valence-corrected chi connectivity index (χ4v) is 4.80. The molecule has 1 atom stereocenters. The van der Waals surface area contributed by atoms with Crippen LogP contribution in [0.15, 0.2) is 59.7 Å². The fourth-order valence-electron chi connectivity index (χ4n) is 4.80. The summed E-state index contributed by atoms with van der Waals surface area (Å²) in [6.45, 7) is 6.16. The van der Waals surface area contributed by atoms with Gasteiger partial charge in [0.05, 0.1) is 6.54 Å². The van der Waals surface area contributed by atoms with Gasteiger partial charge in [0.25, 0.3) is 11.5 Å². The predicted molar refractivity (Wildman–Crippen MR) is 149 cm³/mol. The van der Waals surface area contributed by atoms with Crippen molar-refractivity contribution in [2.24, 2.45) is 7.05 Å². The lowest BCUT2D eigenvalue weighted by Crippen LogP contribution is -2.42. The smallest absolute Gasteiger partial charge is 0.407 e. The first-order valence-electron chi connectivity index (χ1n) is 13.1. The third-order valence-corrected chi connectivity index (χ3v) is 6.71. The number of aromatic amines is 1. The Morgan fingerprint density at radius 2 is 1.80 bits per heavy atom. The van der Waals surface area contributed by atoms with Crippen LogP contribution in [0.3, 0.4) is 0 Å². The highest BCUT2D eigenvalue weighted by atomic mass is 19.1. The SMILES string of the molecule is Cn1cc(-c2cc(C(=O)N3CCC(OC(=O)NC(C)(C)C)C3)ccc2Oc2ccc(F)cc2F)c2cc[nH]c2c1=O. The number of H-pyrrole nitrogens is 1. The number of ether oxygens (including phenoxy) is 2. The van der Waals surface area contributed by atoms with E-state index in [9.17, 15) is 23.2 Å². The van der Waals surface area contributed by atoms with E-state index in [4.69, 9.17) is 9.47 Å². The van der Waals surface area contributed by atoms with Gasteiger partial charge in [-0.25, -0.2) is 13.6 Å². The minimum Gasteiger partial charge on any atom is -0.454 e. The van der Waals surface area contributed by atoms with E-state index in [0.29, 0.717) is 40.6 Å². The molecule has 9 nitrogen and oxygen atoms in total. The molecule has 2 amide bonds. The average Bonchev–Trinajstić information content (AvgIpc) is 3.57. The number of nitrogens with one attached hydrogen (secondary N) is 2. The zero-order valence-electron chi connectivity index (χ0n) is 23.1. The van der Waals surface area contributed by atoms with Crippen LogP contribution in [0.5, 0.6) is 11.5 Å². The van der Waals surface area contributed by atoms with E-state index >= 15 is 0 Å². The van der Waals surface area contributed by atoms with Crippen molar-refractivity contribution in [1.82, 2.24) is 19.8 Å². The van der Waals surface area contributed by atoms with E-state index in [2.05, 4.69) is 10.3 Å². The van der Waals surface area contributed by atoms with Crippen molar-refractivity contribution in [3.8, 4) is 22.6 Å². The van der Waals surface area contributed by atoms with Gasteiger partial charge in [0.15, 0.2) is 11.6 Å². The van der Waals surface area contributed by atoms with Crippen LogP contribution in [0.1, 0.15) is 37.6 Å². The molecule has 2 N–H and O–H groups in total. The largest absolute Gasteiger partial charge is 0.454 e. The number of likely N-dealkylation sites (tertiary alicyclic amines) is 1. The molecule has 11 heteroatoms. The Morgan fingerprint density at radius 1 is 1.05 bits per heavy atom. The standard InChI is InChI=1S/C30H30F2N4O5/c1-30(2,3)34-29(39)40-19-10-12-36(15-19)27(37)17-5-7-24(41-25-8-6-18(31)14-23(25)32)21(13-17)22-16-35(4)28(38)26-20(22)9-11-33-26/h5-9,11,13-14,16,19,33H,10,12,15H2,1-4H3,(H,34,39). The van der Waals surface area contributed by atoms with Crippen LogP contribution in [-0.2, 0) is 11.8 Å². The number of aromatic nitrogens is 2. The topological polar surface area (TPSA) is 106 Å². The van der Waals surface area contributed by atoms with Gasteiger partial charge >= 0.3 is 6.09 Å². The Hall–Kier alpha value is -4.67. The molecule has 0 aliphatic carbocycles. The number of carbonyl (C=O) groups is 2. The summed E-state index contributed by atoms with van der Waals surface area (Å²) in [6, 6.07) is 9.42. The molecule has 1 aliphatic rings. The van der Waals surface area contributed by atoms with E-state index < -0.39 is 29.4 Å². The Bertz CT molecular complexity index is 1710. The Labute approximate surface area is 234 Å². The van der Waals surface area contributed by atoms with Crippen molar-refractivity contribution in [1.29, 1.82) is 0 Å². The lowest BCUT2D eigenvalue weighted by molar-refractivity contribution is 0.0716. The van der Waals surface area contributed by atoms with E-state index in [-0.39, 0.29) is 29.5 Å². The molecular weight excluding hydrogens is 534 g/mol. The minimum absolute atomic E-state index is 0.199. The van der Waals surface area contributed by atoms with Crippen molar-refractivity contribution in [3.63, 3.8) is 0 Å². The van der Waals surface area contributed by atoms with Crippen molar-refractivity contribution in [3.05, 3.63) is 82.4 Å². The van der Waals surface area contributed by atoms with Gasteiger partial charge in [-0.05, 0) is 57.2 Å². The second kappa shape index (κ2) is 10.7. The third kappa shape index (κ3) is 5.93. The number of fused-ring (bicyclic) bond motifs is 1. The molecule has 0 radical (unpaired) electrons. The van der Waals surface area contributed by atoms with Gasteiger partial charge in [-0.1, -0.05) is 0 Å². The molecule has 1 aliphatic heterocycles. The molecule has 5 rings (SSSR count). The Balaban J connectivity index is 1.49. The summed E-state index contributed by atoms with van der Waals surface area (Å²) in [4.78, 5) is 43.0. The highest BCUT2D eigenvalue weighted by Gasteiger charge is 2.31. The number of hydrogen-bond acceptors (Lipinski definition) is 5. The number of carbonyl (C=O) groups excluding carboxylic acids is 2. The van der Waals surface area contributed by atoms with Crippen LogP contribution in [0.25, 0.3) is 22.0 Å². The molecular formula is C30H30F2N4O5. The third-order valence-electron chi connectivity index (χ3n) is 6.71. The summed E-state index contributed by atoms with van der Waals surface area (Å²) in [5, 5.41) is 3.33. The first-order chi connectivity index (χ1) is 19.4. The van der Waals surface area contributed by atoms with Gasteiger partial charge in [0.2, 0.25) is 0 Å². The maximum atomic E-state index is 14.5. The van der Waals surface area contributed by atoms with Gasteiger partial charge < -0.3 is 29.2 Å². The number of aryl methyl sites for hydroxylation is 1. The normalized spacial score (nSPS) is 15.3. The number of nitrogens with zero attached hydrogens (tertiary/aromatic N) is 2. The zero-order valence-corrected chi connectivity index (χ0v) is 23.1. The van der Waals surface area contributed by atoms with Gasteiger partial charge in [-0.3, -0.25) is 9.59 Å². The quantitative estimate of drug-likeness (QED) is 0.340. The number of rotatable bonds is 5. The van der Waals surface area contributed by atoms with Crippen molar-refractivity contribution in [2.75, 3.05) is 13.1 Å². The highest BCUT2D eigenvalue weighted by Crippen LogP contribution is 2.38. The van der Waals surface area contributed by atoms with Crippen molar-refractivity contribution < 1.29 is 27.8 Å². The number of alkyl carbamates (subject to hydrolysis) is 1. The number of pyridine rings is 1. The maximum absolute atomic E-state index is 14.5. The monoisotopic (exact) mass is 564 g/mol. The van der Waals surface area contributed by atoms with Crippen LogP contribution in [0.4, 0.5) is 13.6 Å². The molecule has 41 heavy (non-hydrogen) atoms. The summed E-state index contributed by atoms with van der Waals surface area (Å²) < 4.78 is 40.8. The molecule has 3 heterocycles. The molecule has 2 aromatic heterocycles. The lowest BCUT2D eigenvalue weighted by Gasteiger charge is -2.22. The van der Waals surface area contributed by atoms with Crippen LogP contribution in [0, 0.1) is 11.6 Å². The molecule has 2 aromatic carbocycles. The summed E-state index contributed by atoms with van der Waals surface area (Å²) in [7, 11) is 1.60. The van der Waals surface area contributed by atoms with Crippen LogP contribution < -0.4 is 15.6 Å². The second-order valence-corrected chi connectivity index (χ2v) is 11.1. The van der Waals surface area contributed by atoms with Gasteiger partial charge in [0.1, 0.15) is 23.2 Å². The lowest BCUT2D eigenvalue weighted by atomic mass is 9.99. The first kappa shape index (κ1) is 27.9. The molecule has 1 fully saturated rings. The number of hydrogen-bond donors (Lipinski definition) is 2. The van der Waals surface area contributed by atoms with Crippen molar-refractivity contribution >= 4 is 22.9 Å². The van der Waals surface area contributed by atoms with Crippen LogP contribution in [-0.4, -0.2) is 51.2 Å². The van der Waals surface area contributed by atoms with E-state index in [1.54, 1.807) is 42.5 Å². The highest BCUT2D eigenvalue weighted by molar-refractivity contribution is 6.00. The molecule has 4 aromatic rings. The fraction of sp³-hybridized carbons (Fsp3) is 0.300. The number of benzene rings is 2. The summed E-state index contributed by atoms with van der Waals surface area (Å²) in [5.41, 5.74) is 0.978.